The lowest BCUT2D eigenvalue weighted by Gasteiger charge is -2.29. The molecule has 0 aliphatic rings. The maximum absolute atomic E-state index is 12.6. The van der Waals surface area contributed by atoms with Gasteiger partial charge >= 0.3 is 5.97 Å². The number of carboxylic acid groups (broad SMARTS) is 1. The molecule has 0 amide bonds. The van der Waals surface area contributed by atoms with Gasteiger partial charge in [0.1, 0.15) is 17.3 Å². The third-order valence-corrected chi connectivity index (χ3v) is 4.99. The first kappa shape index (κ1) is 17.4. The standard InChI is InChI=1S/C13H21N3O4S/c1-9(2)16(10(3)4)21(19,20)11-5-6-12(14-7-11)15-8-13(17)18/h5-7,9-10H,8H2,1-4H3,(H,14,15)(H,17,18). The second kappa shape index (κ2) is 6.86. The van der Waals surface area contributed by atoms with Crippen LogP contribution in [0, 0.1) is 0 Å². The third-order valence-electron chi connectivity index (χ3n) is 2.75. The van der Waals surface area contributed by atoms with Crippen molar-refractivity contribution in [2.75, 3.05) is 11.9 Å². The van der Waals surface area contributed by atoms with Crippen LogP contribution in [0.25, 0.3) is 0 Å². The minimum atomic E-state index is -3.62. The zero-order valence-corrected chi connectivity index (χ0v) is 13.4. The monoisotopic (exact) mass is 315 g/mol. The summed E-state index contributed by atoms with van der Waals surface area (Å²) in [7, 11) is -3.62. The molecule has 0 radical (unpaired) electrons. The lowest BCUT2D eigenvalue weighted by Crippen LogP contribution is -2.41. The smallest absolute Gasteiger partial charge is 0.322 e. The summed E-state index contributed by atoms with van der Waals surface area (Å²) in [4.78, 5) is 14.5. The SMILES string of the molecule is CC(C)N(C(C)C)S(=O)(=O)c1ccc(NCC(=O)O)nc1. The van der Waals surface area contributed by atoms with Gasteiger partial charge in [0, 0.05) is 18.3 Å². The number of aromatic nitrogens is 1. The Morgan fingerprint density at radius 3 is 2.24 bits per heavy atom. The quantitative estimate of drug-likeness (QED) is 0.788. The molecule has 8 heteroatoms. The van der Waals surface area contributed by atoms with Crippen molar-refractivity contribution in [3.8, 4) is 0 Å². The average Bonchev–Trinajstić information content (AvgIpc) is 2.35. The number of hydrogen-bond acceptors (Lipinski definition) is 5. The van der Waals surface area contributed by atoms with Gasteiger partial charge in [0.25, 0.3) is 0 Å². The van der Waals surface area contributed by atoms with Gasteiger partial charge in [-0.05, 0) is 39.8 Å². The van der Waals surface area contributed by atoms with Gasteiger partial charge in [0.15, 0.2) is 0 Å². The summed E-state index contributed by atoms with van der Waals surface area (Å²) in [5, 5.41) is 11.1. The van der Waals surface area contributed by atoms with Crippen LogP contribution in [0.15, 0.2) is 23.2 Å². The fourth-order valence-corrected chi connectivity index (χ4v) is 3.86. The van der Waals surface area contributed by atoms with Crippen LogP contribution in [0.4, 0.5) is 5.82 Å². The fraction of sp³-hybridized carbons (Fsp3) is 0.538. The molecule has 0 unspecified atom stereocenters. The summed E-state index contributed by atoms with van der Waals surface area (Å²) < 4.78 is 26.5. The molecule has 0 aliphatic heterocycles. The number of carbonyl (C=O) groups is 1. The van der Waals surface area contributed by atoms with E-state index in [4.69, 9.17) is 5.11 Å². The third kappa shape index (κ3) is 4.40. The predicted octanol–water partition coefficient (Wildman–Crippen LogP) is 1.39. The van der Waals surface area contributed by atoms with Crippen LogP contribution in [0.2, 0.25) is 0 Å². The molecule has 21 heavy (non-hydrogen) atoms. The van der Waals surface area contributed by atoms with Gasteiger partial charge in [-0.15, -0.1) is 0 Å². The number of hydrogen-bond donors (Lipinski definition) is 2. The van der Waals surface area contributed by atoms with Gasteiger partial charge < -0.3 is 10.4 Å². The van der Waals surface area contributed by atoms with Crippen LogP contribution in [0.5, 0.6) is 0 Å². The van der Waals surface area contributed by atoms with Crippen LogP contribution >= 0.6 is 0 Å². The second-order valence-corrected chi connectivity index (χ2v) is 6.99. The Labute approximate surface area is 125 Å². The number of nitrogens with one attached hydrogen (secondary N) is 1. The van der Waals surface area contributed by atoms with Gasteiger partial charge in [-0.1, -0.05) is 0 Å². The fourth-order valence-electron chi connectivity index (χ4n) is 2.08. The Kier molecular flexibility index (Phi) is 5.68. The first-order chi connectivity index (χ1) is 9.66. The highest BCUT2D eigenvalue weighted by atomic mass is 32.2. The zero-order chi connectivity index (χ0) is 16.2. The molecular weight excluding hydrogens is 294 g/mol. The van der Waals surface area contributed by atoms with Gasteiger partial charge in [-0.2, -0.15) is 4.31 Å². The predicted molar refractivity (Wildman–Crippen MR) is 79.7 cm³/mol. The Bertz CT molecular complexity index is 574. The van der Waals surface area contributed by atoms with E-state index in [1.165, 1.54) is 22.6 Å². The van der Waals surface area contributed by atoms with Crippen molar-refractivity contribution >= 4 is 21.8 Å². The van der Waals surface area contributed by atoms with Crippen LogP contribution in [0.3, 0.4) is 0 Å². The molecule has 1 heterocycles. The Balaban J connectivity index is 3.01. The summed E-state index contributed by atoms with van der Waals surface area (Å²) in [5.41, 5.74) is 0. The molecule has 1 aromatic heterocycles. The van der Waals surface area contributed by atoms with Crippen molar-refractivity contribution in [2.45, 2.75) is 44.7 Å². The molecule has 1 aromatic rings. The highest BCUT2D eigenvalue weighted by Gasteiger charge is 2.29. The molecule has 0 atom stereocenters. The molecular formula is C13H21N3O4S. The molecule has 7 nitrogen and oxygen atoms in total. The molecule has 0 saturated carbocycles. The molecule has 0 aliphatic carbocycles. The van der Waals surface area contributed by atoms with Crippen LogP contribution in [0.1, 0.15) is 27.7 Å². The van der Waals surface area contributed by atoms with Crippen LogP contribution in [-0.4, -0.2) is 47.4 Å². The average molecular weight is 315 g/mol. The number of aliphatic carboxylic acids is 1. The van der Waals surface area contributed by atoms with Crippen molar-refractivity contribution in [1.82, 2.24) is 9.29 Å². The summed E-state index contributed by atoms with van der Waals surface area (Å²) in [5.74, 6) is -0.698. The molecule has 118 valence electrons. The largest absolute Gasteiger partial charge is 0.480 e. The first-order valence-electron chi connectivity index (χ1n) is 6.61. The van der Waals surface area contributed by atoms with Gasteiger partial charge in [-0.25, -0.2) is 13.4 Å². The van der Waals surface area contributed by atoms with E-state index >= 15 is 0 Å². The highest BCUT2D eigenvalue weighted by molar-refractivity contribution is 7.89. The van der Waals surface area contributed by atoms with Gasteiger partial charge in [0.2, 0.25) is 10.0 Å². The van der Waals surface area contributed by atoms with Crippen molar-refractivity contribution in [2.24, 2.45) is 0 Å². The lowest BCUT2D eigenvalue weighted by molar-refractivity contribution is -0.134. The van der Waals surface area contributed by atoms with E-state index in [-0.39, 0.29) is 23.5 Å². The summed E-state index contributed by atoms with van der Waals surface area (Å²) >= 11 is 0. The highest BCUT2D eigenvalue weighted by Crippen LogP contribution is 2.21. The number of pyridine rings is 1. The molecule has 1 rings (SSSR count). The lowest BCUT2D eigenvalue weighted by atomic mass is 10.3. The van der Waals surface area contributed by atoms with E-state index < -0.39 is 16.0 Å². The molecule has 0 spiro atoms. The maximum Gasteiger partial charge on any atom is 0.322 e. The van der Waals surface area contributed by atoms with Crippen molar-refractivity contribution < 1.29 is 18.3 Å². The second-order valence-electron chi connectivity index (χ2n) is 5.15. The van der Waals surface area contributed by atoms with E-state index in [0.29, 0.717) is 5.82 Å². The molecule has 0 saturated heterocycles. The number of rotatable bonds is 7. The number of sulfonamides is 1. The Morgan fingerprint density at radius 1 is 1.29 bits per heavy atom. The van der Waals surface area contributed by atoms with Gasteiger partial charge in [0.05, 0.1) is 0 Å². The number of anilines is 1. The van der Waals surface area contributed by atoms with E-state index in [1.54, 1.807) is 0 Å². The van der Waals surface area contributed by atoms with Crippen LogP contribution in [-0.2, 0) is 14.8 Å². The van der Waals surface area contributed by atoms with E-state index in [0.717, 1.165) is 0 Å². The Morgan fingerprint density at radius 2 is 1.86 bits per heavy atom. The molecule has 0 aromatic carbocycles. The number of carboxylic acids is 1. The van der Waals surface area contributed by atoms with E-state index in [1.807, 2.05) is 27.7 Å². The summed E-state index contributed by atoms with van der Waals surface area (Å²) in [6.45, 7) is 6.98. The maximum atomic E-state index is 12.6. The minimum Gasteiger partial charge on any atom is -0.480 e. The molecule has 0 fully saturated rings. The van der Waals surface area contributed by atoms with Crippen molar-refractivity contribution in [1.29, 1.82) is 0 Å². The topological polar surface area (TPSA) is 99.6 Å². The number of nitrogens with zero attached hydrogens (tertiary/aromatic N) is 2. The van der Waals surface area contributed by atoms with Gasteiger partial charge in [-0.3, -0.25) is 4.79 Å². The van der Waals surface area contributed by atoms with E-state index in [9.17, 15) is 13.2 Å². The molecule has 0 bridgehead atoms. The molecule has 2 N–H and O–H groups in total. The van der Waals surface area contributed by atoms with Crippen LogP contribution < -0.4 is 5.32 Å². The normalized spacial score (nSPS) is 12.1. The summed E-state index contributed by atoms with van der Waals surface area (Å²) in [6, 6.07) is 2.54. The summed E-state index contributed by atoms with van der Waals surface area (Å²) in [6.07, 6.45) is 1.23. The zero-order valence-electron chi connectivity index (χ0n) is 12.6. The minimum absolute atomic E-state index is 0.0887. The Hall–Kier alpha value is -1.67. The van der Waals surface area contributed by atoms with Crippen molar-refractivity contribution in [3.05, 3.63) is 18.3 Å². The van der Waals surface area contributed by atoms with Crippen molar-refractivity contribution in [3.63, 3.8) is 0 Å². The van der Waals surface area contributed by atoms with E-state index in [2.05, 4.69) is 10.3 Å². The first-order valence-corrected chi connectivity index (χ1v) is 8.05.